The third-order valence-corrected chi connectivity index (χ3v) is 4.22. The van der Waals surface area contributed by atoms with Crippen LogP contribution < -0.4 is 10.5 Å². The predicted molar refractivity (Wildman–Crippen MR) is 79.5 cm³/mol. The number of nitrogens with zero attached hydrogens (tertiary/aromatic N) is 1. The minimum absolute atomic E-state index is 0.177. The van der Waals surface area contributed by atoms with Crippen LogP contribution in [0.3, 0.4) is 0 Å². The van der Waals surface area contributed by atoms with E-state index in [0.29, 0.717) is 5.69 Å². The number of anilines is 2. The van der Waals surface area contributed by atoms with Gasteiger partial charge in [-0.2, -0.15) is 0 Å². The fourth-order valence-electron chi connectivity index (χ4n) is 1.81. The summed E-state index contributed by atoms with van der Waals surface area (Å²) in [6.07, 6.45) is 0. The molecular formula is C13H13N3O4S. The van der Waals surface area contributed by atoms with Crippen LogP contribution in [0.2, 0.25) is 0 Å². The molecule has 0 fully saturated rings. The summed E-state index contributed by atoms with van der Waals surface area (Å²) in [6.45, 7) is 1.83. The van der Waals surface area contributed by atoms with E-state index in [9.17, 15) is 18.5 Å². The molecule has 21 heavy (non-hydrogen) atoms. The van der Waals surface area contributed by atoms with Gasteiger partial charge >= 0.3 is 0 Å². The summed E-state index contributed by atoms with van der Waals surface area (Å²) in [6, 6.07) is 10.0. The fraction of sp³-hybridized carbons (Fsp3) is 0.0769. The third-order valence-electron chi connectivity index (χ3n) is 2.76. The normalized spacial score (nSPS) is 11.1. The van der Waals surface area contributed by atoms with Crippen LogP contribution in [0.5, 0.6) is 0 Å². The minimum atomic E-state index is -3.90. The van der Waals surface area contributed by atoms with Gasteiger partial charge in [-0.1, -0.05) is 12.1 Å². The zero-order chi connectivity index (χ0) is 15.6. The zero-order valence-electron chi connectivity index (χ0n) is 11.1. The summed E-state index contributed by atoms with van der Waals surface area (Å²) < 4.78 is 26.9. The molecule has 0 aliphatic carbocycles. The fourth-order valence-corrected chi connectivity index (χ4v) is 2.98. The summed E-state index contributed by atoms with van der Waals surface area (Å²) in [4.78, 5) is 9.79. The Labute approximate surface area is 121 Å². The topological polar surface area (TPSA) is 115 Å². The number of aryl methyl sites for hydroxylation is 1. The molecule has 0 amide bonds. The summed E-state index contributed by atoms with van der Waals surface area (Å²) in [5.74, 6) is 0. The van der Waals surface area contributed by atoms with Crippen molar-refractivity contribution in [3.05, 3.63) is 58.1 Å². The van der Waals surface area contributed by atoms with Crippen LogP contribution in [0.4, 0.5) is 17.1 Å². The molecule has 0 saturated heterocycles. The van der Waals surface area contributed by atoms with E-state index < -0.39 is 14.9 Å². The molecule has 2 aromatic rings. The van der Waals surface area contributed by atoms with Gasteiger partial charge in [0.25, 0.3) is 15.7 Å². The first-order valence-corrected chi connectivity index (χ1v) is 7.41. The number of benzene rings is 2. The molecule has 3 N–H and O–H groups in total. The van der Waals surface area contributed by atoms with E-state index in [1.165, 1.54) is 0 Å². The van der Waals surface area contributed by atoms with Crippen molar-refractivity contribution in [2.75, 3.05) is 10.5 Å². The molecule has 0 heterocycles. The predicted octanol–water partition coefficient (Wildman–Crippen LogP) is 2.29. The van der Waals surface area contributed by atoms with E-state index in [2.05, 4.69) is 4.72 Å². The molecule has 8 heteroatoms. The van der Waals surface area contributed by atoms with Crippen LogP contribution in [0, 0.1) is 17.0 Å². The number of nitro benzene ring substituents is 1. The lowest BCUT2D eigenvalue weighted by Gasteiger charge is -2.10. The molecule has 0 aliphatic heterocycles. The number of hydrogen-bond donors (Lipinski definition) is 2. The molecular weight excluding hydrogens is 294 g/mol. The van der Waals surface area contributed by atoms with Gasteiger partial charge < -0.3 is 5.73 Å². The van der Waals surface area contributed by atoms with E-state index >= 15 is 0 Å². The van der Waals surface area contributed by atoms with Crippen molar-refractivity contribution in [3.8, 4) is 0 Å². The van der Waals surface area contributed by atoms with Crippen molar-refractivity contribution in [1.82, 2.24) is 0 Å². The first-order valence-electron chi connectivity index (χ1n) is 5.93. The second-order valence-electron chi connectivity index (χ2n) is 4.45. The second-order valence-corrected chi connectivity index (χ2v) is 6.11. The SMILES string of the molecule is Cc1cccc(NS(=O)(=O)c2ccc([N+](=O)[O-])cc2N)c1. The molecule has 0 radical (unpaired) electrons. The van der Waals surface area contributed by atoms with E-state index in [0.717, 1.165) is 23.8 Å². The minimum Gasteiger partial charge on any atom is -0.397 e. The average Bonchev–Trinajstić information content (AvgIpc) is 2.37. The van der Waals surface area contributed by atoms with E-state index in [4.69, 9.17) is 5.73 Å². The Morgan fingerprint density at radius 1 is 1.19 bits per heavy atom. The largest absolute Gasteiger partial charge is 0.397 e. The summed E-state index contributed by atoms with van der Waals surface area (Å²) in [5, 5.41) is 10.6. The number of nitrogens with one attached hydrogen (secondary N) is 1. The molecule has 110 valence electrons. The van der Waals surface area contributed by atoms with Gasteiger partial charge in [0.1, 0.15) is 4.90 Å². The van der Waals surface area contributed by atoms with Crippen molar-refractivity contribution in [3.63, 3.8) is 0 Å². The Morgan fingerprint density at radius 3 is 2.48 bits per heavy atom. The standard InChI is InChI=1S/C13H13N3O4S/c1-9-3-2-4-10(7-9)15-21(19,20)13-6-5-11(16(17)18)8-12(13)14/h2-8,15H,14H2,1H3. The van der Waals surface area contributed by atoms with Crippen LogP contribution in [0.25, 0.3) is 0 Å². The smallest absolute Gasteiger partial charge is 0.271 e. The van der Waals surface area contributed by atoms with Gasteiger partial charge in [0.2, 0.25) is 0 Å². The molecule has 0 spiro atoms. The van der Waals surface area contributed by atoms with Crippen LogP contribution in [0.15, 0.2) is 47.4 Å². The molecule has 2 rings (SSSR count). The average molecular weight is 307 g/mol. The molecule has 0 bridgehead atoms. The van der Waals surface area contributed by atoms with Crippen LogP contribution in [0.1, 0.15) is 5.56 Å². The third kappa shape index (κ3) is 3.29. The van der Waals surface area contributed by atoms with Crippen molar-refractivity contribution in [1.29, 1.82) is 0 Å². The lowest BCUT2D eigenvalue weighted by molar-refractivity contribution is -0.384. The summed E-state index contributed by atoms with van der Waals surface area (Å²) in [5.41, 5.74) is 6.46. The lowest BCUT2D eigenvalue weighted by Crippen LogP contribution is -2.15. The maximum atomic E-state index is 12.3. The van der Waals surface area contributed by atoms with Crippen molar-refractivity contribution < 1.29 is 13.3 Å². The quantitative estimate of drug-likeness (QED) is 0.511. The second kappa shape index (κ2) is 5.41. The van der Waals surface area contributed by atoms with Gasteiger partial charge in [0.05, 0.1) is 10.6 Å². The van der Waals surface area contributed by atoms with Gasteiger partial charge in [-0.05, 0) is 30.7 Å². The summed E-state index contributed by atoms with van der Waals surface area (Å²) in [7, 11) is -3.90. The monoisotopic (exact) mass is 307 g/mol. The maximum absolute atomic E-state index is 12.3. The number of sulfonamides is 1. The lowest BCUT2D eigenvalue weighted by atomic mass is 10.2. The summed E-state index contributed by atoms with van der Waals surface area (Å²) >= 11 is 0. The highest BCUT2D eigenvalue weighted by Crippen LogP contribution is 2.25. The van der Waals surface area contributed by atoms with Crippen molar-refractivity contribution >= 4 is 27.1 Å². The molecule has 0 atom stereocenters. The van der Waals surface area contributed by atoms with E-state index in [1.807, 2.05) is 13.0 Å². The molecule has 0 unspecified atom stereocenters. The van der Waals surface area contributed by atoms with Crippen LogP contribution in [-0.4, -0.2) is 13.3 Å². The molecule has 0 aromatic heterocycles. The maximum Gasteiger partial charge on any atom is 0.271 e. The van der Waals surface area contributed by atoms with E-state index in [-0.39, 0.29) is 16.3 Å². The molecule has 7 nitrogen and oxygen atoms in total. The Balaban J connectivity index is 2.38. The molecule has 0 aliphatic rings. The van der Waals surface area contributed by atoms with Gasteiger partial charge in [0.15, 0.2) is 0 Å². The van der Waals surface area contributed by atoms with Crippen LogP contribution >= 0.6 is 0 Å². The number of nitrogens with two attached hydrogens (primary N) is 1. The zero-order valence-corrected chi connectivity index (χ0v) is 11.9. The first-order chi connectivity index (χ1) is 9.79. The Bertz CT molecular complexity index is 803. The number of rotatable bonds is 4. The number of nitrogen functional groups attached to an aromatic ring is 1. The number of nitro groups is 1. The Morgan fingerprint density at radius 2 is 1.90 bits per heavy atom. The highest BCUT2D eigenvalue weighted by atomic mass is 32.2. The van der Waals surface area contributed by atoms with Crippen molar-refractivity contribution in [2.24, 2.45) is 0 Å². The number of hydrogen-bond acceptors (Lipinski definition) is 5. The van der Waals surface area contributed by atoms with Gasteiger partial charge in [-0.3, -0.25) is 14.8 Å². The molecule has 2 aromatic carbocycles. The van der Waals surface area contributed by atoms with Crippen LogP contribution in [-0.2, 0) is 10.0 Å². The van der Waals surface area contributed by atoms with Gasteiger partial charge in [-0.15, -0.1) is 0 Å². The Hall–Kier alpha value is -2.61. The van der Waals surface area contributed by atoms with E-state index in [1.54, 1.807) is 18.2 Å². The first kappa shape index (κ1) is 14.8. The van der Waals surface area contributed by atoms with Crippen molar-refractivity contribution in [2.45, 2.75) is 11.8 Å². The van der Waals surface area contributed by atoms with Gasteiger partial charge in [0, 0.05) is 17.8 Å². The molecule has 0 saturated carbocycles. The Kier molecular flexibility index (Phi) is 3.81. The highest BCUT2D eigenvalue weighted by Gasteiger charge is 2.20. The highest BCUT2D eigenvalue weighted by molar-refractivity contribution is 7.92. The number of non-ortho nitro benzene ring substituents is 1. The van der Waals surface area contributed by atoms with Gasteiger partial charge in [-0.25, -0.2) is 8.42 Å².